The highest BCUT2D eigenvalue weighted by atomic mass is 35.5. The zero-order valence-electron chi connectivity index (χ0n) is 9.40. The highest BCUT2D eigenvalue weighted by Gasteiger charge is 2.50. The Kier molecular flexibility index (Phi) is 3.04. The number of carbonyl (C=O) groups is 3. The Morgan fingerprint density at radius 3 is 2.72 bits per heavy atom. The smallest absolute Gasteiger partial charge is 0.325 e. The molecule has 0 spiro atoms. The van der Waals surface area contributed by atoms with Crippen molar-refractivity contribution in [2.24, 2.45) is 5.73 Å². The van der Waals surface area contributed by atoms with Gasteiger partial charge in [0.05, 0.1) is 4.34 Å². The Morgan fingerprint density at radius 2 is 2.22 bits per heavy atom. The van der Waals surface area contributed by atoms with Gasteiger partial charge in [-0.1, -0.05) is 11.6 Å². The van der Waals surface area contributed by atoms with Gasteiger partial charge in [-0.25, -0.2) is 4.79 Å². The van der Waals surface area contributed by atoms with Crippen LogP contribution in [0.3, 0.4) is 0 Å². The third-order valence-electron chi connectivity index (χ3n) is 2.65. The van der Waals surface area contributed by atoms with E-state index in [9.17, 15) is 14.4 Å². The van der Waals surface area contributed by atoms with Crippen LogP contribution < -0.4 is 11.1 Å². The van der Waals surface area contributed by atoms with E-state index in [1.807, 2.05) is 0 Å². The lowest BCUT2D eigenvalue weighted by Crippen LogP contribution is -2.41. The average Bonchev–Trinajstić information content (AvgIpc) is 2.78. The van der Waals surface area contributed by atoms with Gasteiger partial charge in [-0.2, -0.15) is 0 Å². The minimum absolute atomic E-state index is 0.431. The number of rotatable bonds is 3. The maximum Gasteiger partial charge on any atom is 0.325 e. The molecule has 1 aromatic rings. The lowest BCUT2D eigenvalue weighted by atomic mass is 10.0. The molecule has 1 aliphatic rings. The number of amides is 4. The summed E-state index contributed by atoms with van der Waals surface area (Å²) in [5, 5.41) is 2.55. The Bertz CT molecular complexity index is 544. The molecule has 1 fully saturated rings. The van der Waals surface area contributed by atoms with Gasteiger partial charge in [0.2, 0.25) is 5.91 Å². The maximum absolute atomic E-state index is 12.2. The number of carbonyl (C=O) groups excluding carboxylic acids is 3. The first-order valence-electron chi connectivity index (χ1n) is 5.03. The summed E-state index contributed by atoms with van der Waals surface area (Å²) in [4.78, 5) is 36.1. The van der Waals surface area contributed by atoms with Crippen LogP contribution in [-0.4, -0.2) is 29.3 Å². The molecular formula is C10H10ClN3O3S. The molecule has 1 unspecified atom stereocenters. The molecule has 1 atom stereocenters. The number of urea groups is 1. The number of thiophene rings is 1. The summed E-state index contributed by atoms with van der Waals surface area (Å²) in [7, 11) is 0. The zero-order chi connectivity index (χ0) is 13.5. The molecule has 2 rings (SSSR count). The van der Waals surface area contributed by atoms with E-state index in [1.165, 1.54) is 11.3 Å². The number of primary amides is 1. The molecule has 3 N–H and O–H groups in total. The van der Waals surface area contributed by atoms with Crippen molar-refractivity contribution in [1.82, 2.24) is 10.2 Å². The van der Waals surface area contributed by atoms with Gasteiger partial charge in [-0.05, 0) is 19.1 Å². The summed E-state index contributed by atoms with van der Waals surface area (Å²) in [5.74, 6) is -1.25. The SMILES string of the molecule is CC1(c2ccc(Cl)s2)NC(=O)N(CC(N)=O)C1=O. The monoisotopic (exact) mass is 287 g/mol. The number of halogens is 1. The van der Waals surface area contributed by atoms with Crippen molar-refractivity contribution < 1.29 is 14.4 Å². The van der Waals surface area contributed by atoms with E-state index in [0.717, 1.165) is 4.90 Å². The van der Waals surface area contributed by atoms with Crippen molar-refractivity contribution in [1.29, 1.82) is 0 Å². The van der Waals surface area contributed by atoms with Crippen LogP contribution in [0.5, 0.6) is 0 Å². The second-order valence-electron chi connectivity index (χ2n) is 4.02. The van der Waals surface area contributed by atoms with Crippen LogP contribution >= 0.6 is 22.9 Å². The second kappa shape index (κ2) is 4.25. The molecule has 0 bridgehead atoms. The van der Waals surface area contributed by atoms with Crippen molar-refractivity contribution >= 4 is 40.8 Å². The minimum atomic E-state index is -1.19. The van der Waals surface area contributed by atoms with E-state index in [4.69, 9.17) is 17.3 Å². The Hall–Kier alpha value is -1.60. The van der Waals surface area contributed by atoms with Crippen LogP contribution in [0, 0.1) is 0 Å². The summed E-state index contributed by atoms with van der Waals surface area (Å²) >= 11 is 7.01. The van der Waals surface area contributed by atoms with Gasteiger partial charge in [-0.15, -0.1) is 11.3 Å². The van der Waals surface area contributed by atoms with E-state index in [1.54, 1.807) is 19.1 Å². The summed E-state index contributed by atoms with van der Waals surface area (Å²) < 4.78 is 0.515. The number of imide groups is 1. The molecular weight excluding hydrogens is 278 g/mol. The summed E-state index contributed by atoms with van der Waals surface area (Å²) in [6.45, 7) is 1.13. The number of nitrogens with one attached hydrogen (secondary N) is 1. The van der Waals surface area contributed by atoms with Crippen molar-refractivity contribution in [3.05, 3.63) is 21.3 Å². The van der Waals surface area contributed by atoms with E-state index < -0.39 is 29.9 Å². The Labute approximate surface area is 112 Å². The molecule has 4 amide bonds. The first-order valence-corrected chi connectivity index (χ1v) is 6.22. The van der Waals surface area contributed by atoms with E-state index in [-0.39, 0.29) is 0 Å². The third-order valence-corrected chi connectivity index (χ3v) is 4.11. The minimum Gasteiger partial charge on any atom is -0.368 e. The predicted octanol–water partition coefficient (Wildman–Crippen LogP) is 0.654. The Balaban J connectivity index is 2.34. The topological polar surface area (TPSA) is 92.5 Å². The van der Waals surface area contributed by atoms with Crippen LogP contribution in [0.15, 0.2) is 12.1 Å². The van der Waals surface area contributed by atoms with Gasteiger partial charge in [-0.3, -0.25) is 14.5 Å². The summed E-state index contributed by atoms with van der Waals surface area (Å²) in [6.07, 6.45) is 0. The van der Waals surface area contributed by atoms with Crippen molar-refractivity contribution in [3.8, 4) is 0 Å². The van der Waals surface area contributed by atoms with Gasteiger partial charge in [0, 0.05) is 4.88 Å². The molecule has 0 saturated carbocycles. The van der Waals surface area contributed by atoms with Crippen LogP contribution in [0.4, 0.5) is 4.79 Å². The van der Waals surface area contributed by atoms with Crippen LogP contribution in [-0.2, 0) is 15.1 Å². The molecule has 6 nitrogen and oxygen atoms in total. The normalized spacial score (nSPS) is 23.3. The predicted molar refractivity (Wildman–Crippen MR) is 66.1 cm³/mol. The molecule has 0 aromatic carbocycles. The Morgan fingerprint density at radius 1 is 1.56 bits per heavy atom. The molecule has 2 heterocycles. The lowest BCUT2D eigenvalue weighted by molar-refractivity contribution is -0.134. The quantitative estimate of drug-likeness (QED) is 0.800. The molecule has 0 radical (unpaired) electrons. The third kappa shape index (κ3) is 1.95. The molecule has 1 aliphatic heterocycles. The van der Waals surface area contributed by atoms with Gasteiger partial charge in [0.15, 0.2) is 5.54 Å². The largest absolute Gasteiger partial charge is 0.368 e. The van der Waals surface area contributed by atoms with E-state index in [2.05, 4.69) is 5.32 Å². The highest BCUT2D eigenvalue weighted by Crippen LogP contribution is 2.35. The van der Waals surface area contributed by atoms with E-state index in [0.29, 0.717) is 9.21 Å². The van der Waals surface area contributed by atoms with Gasteiger partial charge in [0.1, 0.15) is 6.54 Å². The standard InChI is InChI=1S/C10H10ClN3O3S/c1-10(5-2-3-6(11)18-5)8(16)14(4-7(12)15)9(17)13-10/h2-3H,4H2,1H3,(H2,12,15)(H,13,17). The summed E-state index contributed by atoms with van der Waals surface area (Å²) in [6, 6.07) is 2.67. The lowest BCUT2D eigenvalue weighted by Gasteiger charge is -2.19. The fourth-order valence-corrected chi connectivity index (χ4v) is 2.88. The molecule has 96 valence electrons. The molecule has 18 heavy (non-hydrogen) atoms. The molecule has 1 saturated heterocycles. The first kappa shape index (κ1) is 12.8. The fourth-order valence-electron chi connectivity index (χ4n) is 1.75. The van der Waals surface area contributed by atoms with Crippen LogP contribution in [0.1, 0.15) is 11.8 Å². The number of hydrogen-bond donors (Lipinski definition) is 2. The van der Waals surface area contributed by atoms with Crippen LogP contribution in [0.2, 0.25) is 4.34 Å². The van der Waals surface area contributed by atoms with Gasteiger partial charge in [0.25, 0.3) is 5.91 Å². The van der Waals surface area contributed by atoms with Gasteiger partial charge >= 0.3 is 6.03 Å². The van der Waals surface area contributed by atoms with E-state index >= 15 is 0 Å². The van der Waals surface area contributed by atoms with Crippen molar-refractivity contribution in [2.75, 3.05) is 6.54 Å². The molecule has 1 aromatic heterocycles. The molecule has 8 heteroatoms. The average molecular weight is 288 g/mol. The number of nitrogens with two attached hydrogens (primary N) is 1. The number of hydrogen-bond acceptors (Lipinski definition) is 4. The highest BCUT2D eigenvalue weighted by molar-refractivity contribution is 7.16. The summed E-state index contributed by atoms with van der Waals surface area (Å²) in [5.41, 5.74) is 3.81. The maximum atomic E-state index is 12.2. The number of nitrogens with zero attached hydrogens (tertiary/aromatic N) is 1. The van der Waals surface area contributed by atoms with Gasteiger partial charge < -0.3 is 11.1 Å². The second-order valence-corrected chi connectivity index (χ2v) is 5.73. The van der Waals surface area contributed by atoms with Crippen molar-refractivity contribution in [2.45, 2.75) is 12.5 Å². The fraction of sp³-hybridized carbons (Fsp3) is 0.300. The van der Waals surface area contributed by atoms with Crippen molar-refractivity contribution in [3.63, 3.8) is 0 Å². The first-order chi connectivity index (χ1) is 8.34. The zero-order valence-corrected chi connectivity index (χ0v) is 11.0. The van der Waals surface area contributed by atoms with Crippen LogP contribution in [0.25, 0.3) is 0 Å². The molecule has 0 aliphatic carbocycles.